The van der Waals surface area contributed by atoms with Crippen molar-refractivity contribution in [1.82, 2.24) is 4.90 Å². The Balaban J connectivity index is 1.67. The van der Waals surface area contributed by atoms with Gasteiger partial charge in [-0.25, -0.2) is 4.39 Å². The minimum Gasteiger partial charge on any atom is -0.278 e. The van der Waals surface area contributed by atoms with Crippen LogP contribution in [0.5, 0.6) is 0 Å². The summed E-state index contributed by atoms with van der Waals surface area (Å²) in [6.07, 6.45) is 1.03. The summed E-state index contributed by atoms with van der Waals surface area (Å²) < 4.78 is 13.3. The Morgan fingerprint density at radius 3 is 2.40 bits per heavy atom. The van der Waals surface area contributed by atoms with Gasteiger partial charge in [0.15, 0.2) is 0 Å². The van der Waals surface area contributed by atoms with Crippen LogP contribution in [0, 0.1) is 5.82 Å². The van der Waals surface area contributed by atoms with Crippen molar-refractivity contribution in [2.45, 2.75) is 31.5 Å². The second-order valence-corrected chi connectivity index (χ2v) is 7.29. The summed E-state index contributed by atoms with van der Waals surface area (Å²) in [4.78, 5) is 2.59. The molecule has 2 bridgehead atoms. The average molecular weight is 329 g/mol. The van der Waals surface area contributed by atoms with Crippen LogP contribution in [-0.4, -0.2) is 4.90 Å². The van der Waals surface area contributed by atoms with E-state index in [2.05, 4.69) is 60.4 Å². The molecule has 0 saturated heterocycles. The Morgan fingerprint density at radius 1 is 0.920 bits per heavy atom. The van der Waals surface area contributed by atoms with Gasteiger partial charge in [-0.05, 0) is 53.3 Å². The summed E-state index contributed by atoms with van der Waals surface area (Å²) in [6, 6.07) is 25.0. The number of benzene rings is 3. The second-order valence-electron chi connectivity index (χ2n) is 7.29. The molecule has 2 aliphatic heterocycles. The van der Waals surface area contributed by atoms with E-state index >= 15 is 0 Å². The molecule has 0 spiro atoms. The highest BCUT2D eigenvalue weighted by molar-refractivity contribution is 5.54. The normalized spacial score (nSPS) is 24.0. The van der Waals surface area contributed by atoms with Crippen LogP contribution in [0.4, 0.5) is 4.39 Å². The minimum absolute atomic E-state index is 0.134. The molecule has 25 heavy (non-hydrogen) atoms. The fourth-order valence-corrected chi connectivity index (χ4v) is 4.82. The molecule has 0 aromatic heterocycles. The number of rotatable bonds is 2. The van der Waals surface area contributed by atoms with E-state index in [4.69, 9.17) is 0 Å². The summed E-state index contributed by atoms with van der Waals surface area (Å²) in [5.74, 6) is -0.176. The molecule has 3 aromatic rings. The number of hydrogen-bond donors (Lipinski definition) is 0. The predicted octanol–water partition coefficient (Wildman–Crippen LogP) is 5.20. The Labute approximate surface area is 147 Å². The van der Waals surface area contributed by atoms with Gasteiger partial charge < -0.3 is 0 Å². The van der Waals surface area contributed by atoms with Crippen LogP contribution in [0.15, 0.2) is 72.8 Å². The summed E-state index contributed by atoms with van der Waals surface area (Å²) in [5, 5.41) is 0. The Hall–Kier alpha value is -2.45. The minimum atomic E-state index is -0.176. The van der Waals surface area contributed by atoms with Crippen LogP contribution < -0.4 is 0 Å². The first-order valence-corrected chi connectivity index (χ1v) is 8.87. The van der Waals surface area contributed by atoms with E-state index in [1.165, 1.54) is 22.3 Å². The largest absolute Gasteiger partial charge is 0.278 e. The van der Waals surface area contributed by atoms with Crippen molar-refractivity contribution in [3.63, 3.8) is 0 Å². The Bertz CT molecular complexity index is 933. The molecular formula is C23H20FN. The number of fused-ring (bicyclic) bond motifs is 7. The number of hydrogen-bond acceptors (Lipinski definition) is 1. The van der Waals surface area contributed by atoms with Crippen LogP contribution in [-0.2, 0) is 18.5 Å². The molecule has 2 aliphatic rings. The molecule has 0 aliphatic carbocycles. The van der Waals surface area contributed by atoms with Crippen molar-refractivity contribution in [3.05, 3.63) is 106 Å². The van der Waals surface area contributed by atoms with Crippen molar-refractivity contribution in [3.8, 4) is 0 Å². The summed E-state index contributed by atoms with van der Waals surface area (Å²) >= 11 is 0. The molecule has 0 amide bonds. The van der Waals surface area contributed by atoms with Gasteiger partial charge in [0, 0.05) is 12.6 Å². The van der Waals surface area contributed by atoms with Gasteiger partial charge in [-0.15, -0.1) is 0 Å². The van der Waals surface area contributed by atoms with E-state index in [-0.39, 0.29) is 11.4 Å². The zero-order chi connectivity index (χ0) is 17.0. The zero-order valence-electron chi connectivity index (χ0n) is 14.2. The van der Waals surface area contributed by atoms with Gasteiger partial charge in [0.05, 0.1) is 5.54 Å². The van der Waals surface area contributed by atoms with Gasteiger partial charge in [-0.2, -0.15) is 0 Å². The third-order valence-corrected chi connectivity index (χ3v) is 6.02. The number of nitrogens with zero attached hydrogens (tertiary/aromatic N) is 1. The highest BCUT2D eigenvalue weighted by Crippen LogP contribution is 2.55. The SMILES string of the molecule is C[C@]12c3ccccc3C[C@H](c3ccccc31)N2Cc1ccc(F)cc1. The van der Waals surface area contributed by atoms with E-state index in [1.54, 1.807) is 12.1 Å². The second kappa shape index (κ2) is 5.27. The molecule has 2 heterocycles. The lowest BCUT2D eigenvalue weighted by molar-refractivity contribution is 0.0864. The fraction of sp³-hybridized carbons (Fsp3) is 0.217. The lowest BCUT2D eigenvalue weighted by Gasteiger charge is -2.44. The van der Waals surface area contributed by atoms with Crippen LogP contribution in [0.25, 0.3) is 0 Å². The summed E-state index contributed by atoms with van der Waals surface area (Å²) in [7, 11) is 0. The first-order chi connectivity index (χ1) is 12.2. The smallest absolute Gasteiger partial charge is 0.123 e. The quantitative estimate of drug-likeness (QED) is 0.624. The summed E-state index contributed by atoms with van der Waals surface area (Å²) in [5.41, 5.74) is 6.71. The van der Waals surface area contributed by atoms with Crippen molar-refractivity contribution >= 4 is 0 Å². The molecule has 0 N–H and O–H groups in total. The van der Waals surface area contributed by atoms with Gasteiger partial charge in [-0.1, -0.05) is 60.7 Å². The van der Waals surface area contributed by atoms with Crippen molar-refractivity contribution in [2.75, 3.05) is 0 Å². The maximum Gasteiger partial charge on any atom is 0.123 e. The molecule has 3 aromatic carbocycles. The molecular weight excluding hydrogens is 309 g/mol. The molecule has 2 atom stereocenters. The highest BCUT2D eigenvalue weighted by atomic mass is 19.1. The fourth-order valence-electron chi connectivity index (χ4n) is 4.82. The standard InChI is InChI=1S/C23H20FN/c1-23-20-8-4-2-6-17(20)14-22(19-7-3-5-9-21(19)23)25(23)15-16-10-12-18(24)13-11-16/h2-13,22H,14-15H2,1H3/t22-,23+/m1/s1. The molecule has 0 radical (unpaired) electrons. The first kappa shape index (κ1) is 14.9. The third kappa shape index (κ3) is 2.04. The van der Waals surface area contributed by atoms with Gasteiger partial charge in [0.1, 0.15) is 5.82 Å². The van der Waals surface area contributed by atoms with Gasteiger partial charge in [-0.3, -0.25) is 4.90 Å². The van der Waals surface area contributed by atoms with Crippen molar-refractivity contribution in [1.29, 1.82) is 0 Å². The lowest BCUT2D eigenvalue weighted by Crippen LogP contribution is -2.45. The Morgan fingerprint density at radius 2 is 1.60 bits per heavy atom. The average Bonchev–Trinajstić information content (AvgIpc) is 2.80. The van der Waals surface area contributed by atoms with Gasteiger partial charge >= 0.3 is 0 Å². The topological polar surface area (TPSA) is 3.24 Å². The molecule has 124 valence electrons. The predicted molar refractivity (Wildman–Crippen MR) is 97.7 cm³/mol. The van der Waals surface area contributed by atoms with Crippen LogP contribution in [0.1, 0.15) is 40.8 Å². The monoisotopic (exact) mass is 329 g/mol. The lowest BCUT2D eigenvalue weighted by atomic mass is 9.80. The van der Waals surface area contributed by atoms with Gasteiger partial charge in [0.2, 0.25) is 0 Å². The van der Waals surface area contributed by atoms with Crippen LogP contribution >= 0.6 is 0 Å². The molecule has 0 fully saturated rings. The van der Waals surface area contributed by atoms with E-state index in [0.717, 1.165) is 18.5 Å². The van der Waals surface area contributed by atoms with Crippen LogP contribution in [0.2, 0.25) is 0 Å². The summed E-state index contributed by atoms with van der Waals surface area (Å²) in [6.45, 7) is 3.16. The molecule has 0 saturated carbocycles. The molecule has 2 heteroatoms. The van der Waals surface area contributed by atoms with Gasteiger partial charge in [0.25, 0.3) is 0 Å². The molecule has 0 unspecified atom stereocenters. The van der Waals surface area contributed by atoms with E-state index in [1.807, 2.05) is 12.1 Å². The Kier molecular flexibility index (Phi) is 3.13. The highest BCUT2D eigenvalue weighted by Gasteiger charge is 2.51. The van der Waals surface area contributed by atoms with Crippen LogP contribution in [0.3, 0.4) is 0 Å². The number of halogens is 1. The maximum atomic E-state index is 13.3. The molecule has 1 nitrogen and oxygen atoms in total. The van der Waals surface area contributed by atoms with E-state index in [9.17, 15) is 4.39 Å². The van der Waals surface area contributed by atoms with Crippen molar-refractivity contribution < 1.29 is 4.39 Å². The molecule has 5 rings (SSSR count). The zero-order valence-corrected chi connectivity index (χ0v) is 14.2. The van der Waals surface area contributed by atoms with E-state index < -0.39 is 0 Å². The van der Waals surface area contributed by atoms with Crippen molar-refractivity contribution in [2.24, 2.45) is 0 Å². The third-order valence-electron chi connectivity index (χ3n) is 6.02. The first-order valence-electron chi connectivity index (χ1n) is 8.87. The maximum absolute atomic E-state index is 13.3. The van der Waals surface area contributed by atoms with E-state index in [0.29, 0.717) is 6.04 Å².